The van der Waals surface area contributed by atoms with Crippen molar-refractivity contribution in [2.45, 2.75) is 39.8 Å². The number of hydrogen-bond acceptors (Lipinski definition) is 6. The summed E-state index contributed by atoms with van der Waals surface area (Å²) in [7, 11) is 2.03. The first kappa shape index (κ1) is 26.7. The number of nitrogens with zero attached hydrogens (tertiary/aromatic N) is 3. The van der Waals surface area contributed by atoms with E-state index < -0.39 is 0 Å². The predicted octanol–water partition coefficient (Wildman–Crippen LogP) is 5.82. The van der Waals surface area contributed by atoms with Gasteiger partial charge in [0.2, 0.25) is 6.33 Å². The van der Waals surface area contributed by atoms with E-state index in [1.807, 2.05) is 60.3 Å². The molecule has 0 aliphatic carbocycles. The van der Waals surface area contributed by atoms with Gasteiger partial charge in [0.15, 0.2) is 0 Å². The smallest absolute Gasteiger partial charge is 0.243 e. The van der Waals surface area contributed by atoms with Gasteiger partial charge in [-0.3, -0.25) is 0 Å². The van der Waals surface area contributed by atoms with Crippen LogP contribution >= 0.6 is 0 Å². The van der Waals surface area contributed by atoms with Gasteiger partial charge in [-0.15, -0.1) is 0 Å². The molecule has 0 saturated carbocycles. The van der Waals surface area contributed by atoms with E-state index in [1.54, 1.807) is 6.07 Å². The summed E-state index contributed by atoms with van der Waals surface area (Å²) in [5.74, 6) is 0.0968. The van der Waals surface area contributed by atoms with Crippen LogP contribution in [0.25, 0.3) is 0 Å². The molecule has 0 fully saturated rings. The van der Waals surface area contributed by atoms with Crippen molar-refractivity contribution in [3.05, 3.63) is 79.4 Å². The monoisotopic (exact) mass is 514 g/mol. The largest absolute Gasteiger partial charge is 0.506 e. The zero-order valence-electron chi connectivity index (χ0n) is 22.8. The molecule has 200 valence electrons. The minimum Gasteiger partial charge on any atom is -0.506 e. The Labute approximate surface area is 225 Å². The molecule has 0 bridgehead atoms. The molecular formula is C30H40N7O+. The first-order valence-corrected chi connectivity index (χ1v) is 13.2. The third-order valence-electron chi connectivity index (χ3n) is 6.52. The van der Waals surface area contributed by atoms with Gasteiger partial charge in [-0.1, -0.05) is 0 Å². The maximum absolute atomic E-state index is 10.5. The highest BCUT2D eigenvalue weighted by Crippen LogP contribution is 2.36. The van der Waals surface area contributed by atoms with Gasteiger partial charge in [0.05, 0.1) is 30.7 Å². The quantitative estimate of drug-likeness (QED) is 0.0537. The Hall–Kier alpha value is -4.33. The molecule has 0 saturated heterocycles. The fourth-order valence-corrected chi connectivity index (χ4v) is 4.51. The van der Waals surface area contributed by atoms with Crippen molar-refractivity contribution in [3.8, 4) is 5.75 Å². The number of nitrogens with one attached hydrogen (secondary N) is 3. The number of phenols is 1. The van der Waals surface area contributed by atoms with Gasteiger partial charge in [0.1, 0.15) is 18.1 Å². The molecule has 0 radical (unpaired) electrons. The molecule has 0 atom stereocenters. The maximum Gasteiger partial charge on any atom is 0.243 e. The molecule has 0 amide bonds. The van der Waals surface area contributed by atoms with Crippen LogP contribution < -0.4 is 31.2 Å². The SMILES string of the molecule is CCN(c1ccc(Nc2cc(Nc3ccc(NCCCn4cc[n+](C)c4)cc3)c(O)cc2N)cc1)C(C)C. The normalized spacial score (nSPS) is 11.0. The van der Waals surface area contributed by atoms with Crippen molar-refractivity contribution in [2.75, 3.05) is 39.7 Å². The van der Waals surface area contributed by atoms with Crippen LogP contribution in [-0.4, -0.2) is 28.8 Å². The van der Waals surface area contributed by atoms with Crippen LogP contribution in [0.1, 0.15) is 27.2 Å². The second kappa shape index (κ2) is 12.3. The molecule has 8 heteroatoms. The van der Waals surface area contributed by atoms with Crippen molar-refractivity contribution in [3.63, 3.8) is 0 Å². The molecule has 0 aliphatic heterocycles. The highest BCUT2D eigenvalue weighted by atomic mass is 16.3. The van der Waals surface area contributed by atoms with Crippen molar-refractivity contribution < 1.29 is 9.67 Å². The van der Waals surface area contributed by atoms with Gasteiger partial charge < -0.3 is 31.7 Å². The lowest BCUT2D eigenvalue weighted by atomic mass is 10.2. The number of aromatic hydroxyl groups is 1. The average Bonchev–Trinajstić information content (AvgIpc) is 3.31. The number of rotatable bonds is 12. The summed E-state index contributed by atoms with van der Waals surface area (Å²) in [6, 6.07) is 20.2. The van der Waals surface area contributed by atoms with Crippen LogP contribution in [0.5, 0.6) is 5.75 Å². The zero-order valence-corrected chi connectivity index (χ0v) is 22.8. The van der Waals surface area contributed by atoms with Crippen molar-refractivity contribution in [1.29, 1.82) is 0 Å². The summed E-state index contributed by atoms with van der Waals surface area (Å²) >= 11 is 0. The molecule has 0 unspecified atom stereocenters. The number of nitrogen functional groups attached to an aromatic ring is 1. The minimum absolute atomic E-state index is 0.0968. The number of hydrogen-bond donors (Lipinski definition) is 5. The number of benzene rings is 3. The van der Waals surface area contributed by atoms with E-state index in [4.69, 9.17) is 5.73 Å². The van der Waals surface area contributed by atoms with Gasteiger partial charge in [-0.2, -0.15) is 0 Å². The van der Waals surface area contributed by atoms with Crippen molar-refractivity contribution in [1.82, 2.24) is 4.57 Å². The van der Waals surface area contributed by atoms with Gasteiger partial charge >= 0.3 is 0 Å². The van der Waals surface area contributed by atoms with E-state index in [-0.39, 0.29) is 5.75 Å². The van der Waals surface area contributed by atoms with Crippen LogP contribution in [0.15, 0.2) is 79.4 Å². The van der Waals surface area contributed by atoms with E-state index in [9.17, 15) is 5.11 Å². The number of nitrogens with two attached hydrogens (primary N) is 1. The van der Waals surface area contributed by atoms with Gasteiger partial charge in [0.25, 0.3) is 0 Å². The van der Waals surface area contributed by atoms with Crippen LogP contribution in [-0.2, 0) is 13.6 Å². The van der Waals surface area contributed by atoms with E-state index in [2.05, 4.69) is 70.8 Å². The Kier molecular flexibility index (Phi) is 8.63. The predicted molar refractivity (Wildman–Crippen MR) is 159 cm³/mol. The molecule has 38 heavy (non-hydrogen) atoms. The molecular weight excluding hydrogens is 474 g/mol. The molecule has 3 aromatic carbocycles. The third kappa shape index (κ3) is 6.91. The molecule has 0 aliphatic rings. The molecule has 0 spiro atoms. The average molecular weight is 515 g/mol. The number of aromatic nitrogens is 2. The van der Waals surface area contributed by atoms with E-state index in [0.29, 0.717) is 17.4 Å². The standard InChI is InChI=1S/C30H39N7O/c1-5-37(22(2)3)26-13-11-25(12-14-26)33-28-20-29(30(38)19-27(28)31)34-24-9-7-23(8-10-24)32-15-6-16-36-18-17-35(4)21-36/h7-14,17-22,32-34H,5-6,15-16,31H2,1-4H3/p+1. The number of phenolic OH excluding ortho intramolecular Hbond substituents is 1. The van der Waals surface area contributed by atoms with Crippen LogP contribution in [0, 0.1) is 0 Å². The molecule has 4 aromatic rings. The summed E-state index contributed by atoms with van der Waals surface area (Å²) in [5.41, 5.74) is 12.0. The second-order valence-corrected chi connectivity index (χ2v) is 9.81. The highest BCUT2D eigenvalue weighted by molar-refractivity contribution is 5.82. The summed E-state index contributed by atoms with van der Waals surface area (Å²) in [5, 5.41) is 20.7. The number of aryl methyl sites for hydroxylation is 2. The topological polar surface area (TPSA) is 94.4 Å². The minimum atomic E-state index is 0.0968. The lowest BCUT2D eigenvalue weighted by Crippen LogP contribution is -2.30. The van der Waals surface area contributed by atoms with Crippen molar-refractivity contribution >= 4 is 39.8 Å². The maximum atomic E-state index is 10.5. The fourth-order valence-electron chi connectivity index (χ4n) is 4.51. The van der Waals surface area contributed by atoms with E-state index in [1.165, 1.54) is 5.69 Å². The Morgan fingerprint density at radius 2 is 1.58 bits per heavy atom. The van der Waals surface area contributed by atoms with Crippen LogP contribution in [0.4, 0.5) is 39.8 Å². The Bertz CT molecular complexity index is 1310. The molecule has 4 rings (SSSR count). The molecule has 8 nitrogen and oxygen atoms in total. The Morgan fingerprint density at radius 1 is 0.947 bits per heavy atom. The first-order valence-electron chi connectivity index (χ1n) is 13.2. The summed E-state index contributed by atoms with van der Waals surface area (Å²) in [6.07, 6.45) is 7.23. The second-order valence-electron chi connectivity index (χ2n) is 9.81. The number of imidazole rings is 1. The molecule has 1 heterocycles. The fraction of sp³-hybridized carbons (Fsp3) is 0.300. The third-order valence-corrected chi connectivity index (χ3v) is 6.52. The van der Waals surface area contributed by atoms with Gasteiger partial charge in [0, 0.05) is 54.4 Å². The van der Waals surface area contributed by atoms with Gasteiger partial charge in [-0.05, 0) is 75.4 Å². The van der Waals surface area contributed by atoms with E-state index in [0.717, 1.165) is 48.8 Å². The van der Waals surface area contributed by atoms with Crippen LogP contribution in [0.2, 0.25) is 0 Å². The van der Waals surface area contributed by atoms with Crippen molar-refractivity contribution in [2.24, 2.45) is 7.05 Å². The van der Waals surface area contributed by atoms with E-state index >= 15 is 0 Å². The summed E-state index contributed by atoms with van der Waals surface area (Å²) in [6.45, 7) is 9.36. The zero-order chi connectivity index (χ0) is 27.1. The lowest BCUT2D eigenvalue weighted by molar-refractivity contribution is -0.671. The lowest BCUT2D eigenvalue weighted by Gasteiger charge is -2.27. The summed E-state index contributed by atoms with van der Waals surface area (Å²) < 4.78 is 4.22. The van der Waals surface area contributed by atoms with Crippen LogP contribution in [0.3, 0.4) is 0 Å². The Morgan fingerprint density at radius 3 is 2.18 bits per heavy atom. The van der Waals surface area contributed by atoms with Gasteiger partial charge in [-0.25, -0.2) is 9.13 Å². The highest BCUT2D eigenvalue weighted by Gasteiger charge is 2.11. The molecule has 1 aromatic heterocycles. The first-order chi connectivity index (χ1) is 18.3. The molecule has 6 N–H and O–H groups in total. The number of anilines is 7. The Balaban J connectivity index is 1.36. The summed E-state index contributed by atoms with van der Waals surface area (Å²) in [4.78, 5) is 2.34.